The van der Waals surface area contributed by atoms with Gasteiger partial charge in [-0.25, -0.2) is 0 Å². The molecule has 3 nitrogen and oxygen atoms in total. The van der Waals surface area contributed by atoms with Crippen molar-refractivity contribution in [1.82, 2.24) is 4.90 Å². The van der Waals surface area contributed by atoms with E-state index < -0.39 is 18.1 Å². The monoisotopic (exact) mass is 342 g/mol. The molecule has 1 aliphatic rings. The molecule has 6 heteroatoms. The summed E-state index contributed by atoms with van der Waals surface area (Å²) in [6.45, 7) is 7.91. The van der Waals surface area contributed by atoms with Crippen molar-refractivity contribution in [1.29, 1.82) is 0 Å². The maximum Gasteiger partial charge on any atom is 0.393 e. The van der Waals surface area contributed by atoms with Gasteiger partial charge >= 0.3 is 6.18 Å². The molecule has 1 N–H and O–H groups in total. The van der Waals surface area contributed by atoms with Crippen LogP contribution in [0, 0.1) is 26.7 Å². The number of nitrogens with zero attached hydrogens (tertiary/aromatic N) is 1. The van der Waals surface area contributed by atoms with Crippen LogP contribution in [0.5, 0.6) is 0 Å². The first-order valence-electron chi connectivity index (χ1n) is 8.29. The minimum atomic E-state index is -4.20. The smallest absolute Gasteiger partial charge is 0.324 e. The number of aryl methyl sites for hydroxylation is 3. The van der Waals surface area contributed by atoms with Crippen molar-refractivity contribution in [2.45, 2.75) is 52.8 Å². The molecule has 0 aliphatic carbocycles. The number of amides is 1. The number of hydrogen-bond acceptors (Lipinski definition) is 2. The van der Waals surface area contributed by atoms with Gasteiger partial charge in [-0.1, -0.05) is 17.7 Å². The zero-order valence-corrected chi connectivity index (χ0v) is 14.6. The van der Waals surface area contributed by atoms with Gasteiger partial charge in [0.1, 0.15) is 0 Å². The summed E-state index contributed by atoms with van der Waals surface area (Å²) in [7, 11) is 0. The number of hydrogen-bond donors (Lipinski definition) is 1. The summed E-state index contributed by atoms with van der Waals surface area (Å²) in [5, 5.41) is 2.89. The molecule has 1 amide bonds. The lowest BCUT2D eigenvalue weighted by atomic mass is 9.96. The Morgan fingerprint density at radius 2 is 1.83 bits per heavy atom. The van der Waals surface area contributed by atoms with E-state index in [0.29, 0.717) is 13.0 Å². The second-order valence-electron chi connectivity index (χ2n) is 6.81. The molecule has 0 radical (unpaired) electrons. The Labute approximate surface area is 141 Å². The number of nitrogens with one attached hydrogen (secondary N) is 1. The average Bonchev–Trinajstić information content (AvgIpc) is 2.49. The number of carbonyl (C=O) groups excluding carboxylic acids is 1. The molecule has 1 aliphatic heterocycles. The third-order valence-corrected chi connectivity index (χ3v) is 4.77. The Kier molecular flexibility index (Phi) is 5.58. The van der Waals surface area contributed by atoms with Crippen molar-refractivity contribution in [2.75, 3.05) is 18.4 Å². The number of alkyl halides is 3. The van der Waals surface area contributed by atoms with E-state index in [-0.39, 0.29) is 18.9 Å². The highest BCUT2D eigenvalue weighted by atomic mass is 19.4. The second kappa shape index (κ2) is 7.13. The third kappa shape index (κ3) is 4.29. The molecule has 0 saturated carbocycles. The third-order valence-electron chi connectivity index (χ3n) is 4.77. The highest BCUT2D eigenvalue weighted by Crippen LogP contribution is 2.34. The molecule has 134 valence electrons. The van der Waals surface area contributed by atoms with E-state index >= 15 is 0 Å². The van der Waals surface area contributed by atoms with Crippen LogP contribution in [-0.2, 0) is 4.79 Å². The Balaban J connectivity index is 2.07. The topological polar surface area (TPSA) is 32.3 Å². The van der Waals surface area contributed by atoms with Crippen molar-refractivity contribution in [3.8, 4) is 0 Å². The number of halogens is 3. The number of anilines is 1. The van der Waals surface area contributed by atoms with Crippen molar-refractivity contribution in [3.05, 3.63) is 28.8 Å². The minimum absolute atomic E-state index is 0.107. The summed E-state index contributed by atoms with van der Waals surface area (Å²) >= 11 is 0. The Bertz CT molecular complexity index is 590. The molecule has 1 aromatic rings. The quantitative estimate of drug-likeness (QED) is 0.892. The number of rotatable bonds is 3. The normalized spacial score (nSPS) is 20.7. The van der Waals surface area contributed by atoms with E-state index in [2.05, 4.69) is 5.32 Å². The van der Waals surface area contributed by atoms with Crippen molar-refractivity contribution < 1.29 is 18.0 Å². The predicted molar refractivity (Wildman–Crippen MR) is 89.1 cm³/mol. The van der Waals surface area contributed by atoms with Gasteiger partial charge in [-0.3, -0.25) is 9.69 Å². The summed E-state index contributed by atoms with van der Waals surface area (Å²) in [4.78, 5) is 14.2. The van der Waals surface area contributed by atoms with E-state index in [1.54, 1.807) is 11.8 Å². The maximum absolute atomic E-state index is 12.9. The van der Waals surface area contributed by atoms with E-state index in [9.17, 15) is 18.0 Å². The molecule has 24 heavy (non-hydrogen) atoms. The van der Waals surface area contributed by atoms with Crippen LogP contribution in [0.15, 0.2) is 12.1 Å². The minimum Gasteiger partial charge on any atom is -0.324 e. The van der Waals surface area contributed by atoms with E-state index in [4.69, 9.17) is 0 Å². The fourth-order valence-electron chi connectivity index (χ4n) is 3.40. The summed E-state index contributed by atoms with van der Waals surface area (Å²) in [6, 6.07) is 3.37. The predicted octanol–water partition coefficient (Wildman–Crippen LogP) is 4.21. The van der Waals surface area contributed by atoms with Crippen LogP contribution in [0.25, 0.3) is 0 Å². The largest absolute Gasteiger partial charge is 0.393 e. The summed E-state index contributed by atoms with van der Waals surface area (Å²) in [6.07, 6.45) is -3.59. The van der Waals surface area contributed by atoms with E-state index in [1.165, 1.54) is 0 Å². The van der Waals surface area contributed by atoms with Gasteiger partial charge in [-0.15, -0.1) is 0 Å². The van der Waals surface area contributed by atoms with Crippen molar-refractivity contribution in [2.24, 2.45) is 5.92 Å². The van der Waals surface area contributed by atoms with Crippen LogP contribution in [0.3, 0.4) is 0 Å². The zero-order valence-electron chi connectivity index (χ0n) is 14.6. The first kappa shape index (κ1) is 18.8. The summed E-state index contributed by atoms with van der Waals surface area (Å²) in [5.74, 6) is -1.60. The maximum atomic E-state index is 12.9. The zero-order chi connectivity index (χ0) is 18.1. The molecule has 2 rings (SSSR count). The van der Waals surface area contributed by atoms with Gasteiger partial charge in [0.2, 0.25) is 5.91 Å². The van der Waals surface area contributed by atoms with Crippen molar-refractivity contribution in [3.63, 3.8) is 0 Å². The molecule has 0 aromatic heterocycles. The molecule has 2 atom stereocenters. The fourth-order valence-corrected chi connectivity index (χ4v) is 3.40. The molecule has 0 bridgehead atoms. The van der Waals surface area contributed by atoms with Crippen LogP contribution in [-0.4, -0.2) is 36.1 Å². The molecule has 1 heterocycles. The highest BCUT2D eigenvalue weighted by molar-refractivity contribution is 5.96. The van der Waals surface area contributed by atoms with Crippen LogP contribution in [0.2, 0.25) is 0 Å². The van der Waals surface area contributed by atoms with Crippen LogP contribution < -0.4 is 5.32 Å². The van der Waals surface area contributed by atoms with Gasteiger partial charge in [0.25, 0.3) is 0 Å². The van der Waals surface area contributed by atoms with Gasteiger partial charge in [0, 0.05) is 12.2 Å². The average molecular weight is 342 g/mol. The lowest BCUT2D eigenvalue weighted by Crippen LogP contribution is -2.49. The van der Waals surface area contributed by atoms with Crippen molar-refractivity contribution >= 4 is 11.6 Å². The van der Waals surface area contributed by atoms with Crippen LogP contribution >= 0.6 is 0 Å². The lowest BCUT2D eigenvalue weighted by molar-refractivity contribution is -0.188. The molecule has 1 fully saturated rings. The van der Waals surface area contributed by atoms with Crippen LogP contribution in [0.1, 0.15) is 36.5 Å². The first-order valence-corrected chi connectivity index (χ1v) is 8.29. The van der Waals surface area contributed by atoms with Crippen LogP contribution in [0.4, 0.5) is 18.9 Å². The van der Waals surface area contributed by atoms with Gasteiger partial charge in [0.05, 0.1) is 12.0 Å². The molecule has 0 spiro atoms. The van der Waals surface area contributed by atoms with Gasteiger partial charge in [-0.2, -0.15) is 13.2 Å². The summed E-state index contributed by atoms with van der Waals surface area (Å²) in [5.41, 5.74) is 3.78. The first-order chi connectivity index (χ1) is 11.1. The Morgan fingerprint density at radius 1 is 1.25 bits per heavy atom. The van der Waals surface area contributed by atoms with Gasteiger partial charge in [-0.05, 0) is 58.2 Å². The Morgan fingerprint density at radius 3 is 2.38 bits per heavy atom. The molecule has 1 saturated heterocycles. The van der Waals surface area contributed by atoms with Gasteiger partial charge < -0.3 is 5.32 Å². The second-order valence-corrected chi connectivity index (χ2v) is 6.81. The number of carbonyl (C=O) groups is 1. The lowest BCUT2D eigenvalue weighted by Gasteiger charge is -2.36. The summed E-state index contributed by atoms with van der Waals surface area (Å²) < 4.78 is 38.8. The molecule has 2 unspecified atom stereocenters. The molecular weight excluding hydrogens is 317 g/mol. The number of likely N-dealkylation sites (tertiary alicyclic amines) is 1. The standard InChI is InChI=1S/C18H25F3N2O/c1-11-8-12(2)16(13(3)9-11)22-17(24)14(4)23-7-5-6-15(10-23)18(19,20)21/h8-9,14-15H,5-7,10H2,1-4H3,(H,22,24). The van der Waals surface area contributed by atoms with E-state index in [1.807, 2.05) is 32.9 Å². The van der Waals surface area contributed by atoms with E-state index in [0.717, 1.165) is 22.4 Å². The molecule has 1 aromatic carbocycles. The molecular formula is C18H25F3N2O. The number of benzene rings is 1. The van der Waals surface area contributed by atoms with Gasteiger partial charge in [0.15, 0.2) is 0 Å². The number of piperidine rings is 1. The highest BCUT2D eigenvalue weighted by Gasteiger charge is 2.43. The fraction of sp³-hybridized carbons (Fsp3) is 0.611. The Hall–Kier alpha value is -1.56. The SMILES string of the molecule is Cc1cc(C)c(NC(=O)C(C)N2CCCC(C(F)(F)F)C2)c(C)c1.